The van der Waals surface area contributed by atoms with Crippen molar-refractivity contribution in [3.05, 3.63) is 58.3 Å². The van der Waals surface area contributed by atoms with Crippen molar-refractivity contribution in [1.82, 2.24) is 9.88 Å². The van der Waals surface area contributed by atoms with Gasteiger partial charge in [-0.3, -0.25) is 4.90 Å². The molecule has 0 saturated heterocycles. The molecule has 0 bridgehead atoms. The van der Waals surface area contributed by atoms with Gasteiger partial charge in [-0.1, -0.05) is 0 Å². The fourth-order valence-electron chi connectivity index (χ4n) is 4.98. The minimum Gasteiger partial charge on any atom is -0.497 e. The van der Waals surface area contributed by atoms with Crippen LogP contribution in [0.15, 0.2) is 30.3 Å². The number of ether oxygens (including phenoxy) is 2. The van der Waals surface area contributed by atoms with Crippen LogP contribution < -0.4 is 9.47 Å². The van der Waals surface area contributed by atoms with Crippen LogP contribution in [0, 0.1) is 0 Å². The molecule has 0 unspecified atom stereocenters. The summed E-state index contributed by atoms with van der Waals surface area (Å²) in [6.45, 7) is 1.63. The maximum Gasteiger partial charge on any atom is 0.393 e. The third kappa shape index (κ3) is 3.21. The standard InChI is InChI=1S/C23H23F3N2O2/c1-29-15-3-4-19-17(9-15)18-10-21-16-7-14(11-23(24,25)26)22(30-2)8-13(16)5-6-28(21)12-20(18)27-19/h3-4,7-9,21,27H,5-6,10-12H2,1-2H3/t21-/m0/s1. The lowest BCUT2D eigenvalue weighted by molar-refractivity contribution is -0.127. The van der Waals surface area contributed by atoms with Gasteiger partial charge in [-0.25, -0.2) is 0 Å². The van der Waals surface area contributed by atoms with E-state index in [0.29, 0.717) is 5.75 Å². The molecule has 2 aromatic carbocycles. The summed E-state index contributed by atoms with van der Waals surface area (Å²) >= 11 is 0. The van der Waals surface area contributed by atoms with Gasteiger partial charge in [0.15, 0.2) is 0 Å². The smallest absolute Gasteiger partial charge is 0.393 e. The van der Waals surface area contributed by atoms with Crippen molar-refractivity contribution >= 4 is 10.9 Å². The maximum atomic E-state index is 13.1. The van der Waals surface area contributed by atoms with Crippen LogP contribution in [0.5, 0.6) is 11.5 Å². The third-order valence-electron chi connectivity index (χ3n) is 6.36. The molecule has 2 aliphatic heterocycles. The predicted molar refractivity (Wildman–Crippen MR) is 108 cm³/mol. The van der Waals surface area contributed by atoms with E-state index in [-0.39, 0.29) is 11.6 Å². The number of hydrogen-bond acceptors (Lipinski definition) is 3. The van der Waals surface area contributed by atoms with Gasteiger partial charge in [0.05, 0.1) is 20.6 Å². The SMILES string of the molecule is COc1ccc2[nH]c3c(c2c1)C[C@H]1c2cc(CC(F)(F)F)c(OC)cc2CCN1C3. The molecule has 0 radical (unpaired) electrons. The molecule has 0 saturated carbocycles. The highest BCUT2D eigenvalue weighted by Crippen LogP contribution is 2.43. The molecule has 1 aromatic heterocycles. The van der Waals surface area contributed by atoms with Crippen LogP contribution in [0.4, 0.5) is 13.2 Å². The van der Waals surface area contributed by atoms with E-state index in [9.17, 15) is 13.2 Å². The average Bonchev–Trinajstić information content (AvgIpc) is 3.07. The van der Waals surface area contributed by atoms with E-state index in [1.54, 1.807) is 13.2 Å². The Kier molecular flexibility index (Phi) is 4.47. The van der Waals surface area contributed by atoms with Crippen LogP contribution in [0.1, 0.15) is 34.0 Å². The number of nitrogens with zero attached hydrogens (tertiary/aromatic N) is 1. The number of alkyl halides is 3. The largest absolute Gasteiger partial charge is 0.497 e. The fourth-order valence-corrected chi connectivity index (χ4v) is 4.98. The number of rotatable bonds is 3. The first-order valence-electron chi connectivity index (χ1n) is 10.0. The summed E-state index contributed by atoms with van der Waals surface area (Å²) in [5.74, 6) is 1.13. The molecule has 3 heterocycles. The summed E-state index contributed by atoms with van der Waals surface area (Å²) in [6, 6.07) is 9.58. The fraction of sp³-hybridized carbons (Fsp3) is 0.391. The van der Waals surface area contributed by atoms with Gasteiger partial charge < -0.3 is 14.5 Å². The molecular weight excluding hydrogens is 393 g/mol. The zero-order valence-electron chi connectivity index (χ0n) is 16.9. The minimum atomic E-state index is -4.27. The quantitative estimate of drug-likeness (QED) is 0.657. The Hall–Kier alpha value is -2.67. The third-order valence-corrected chi connectivity index (χ3v) is 6.36. The number of nitrogens with one attached hydrogen (secondary N) is 1. The number of H-pyrrole nitrogens is 1. The van der Waals surface area contributed by atoms with E-state index in [1.165, 1.54) is 18.4 Å². The normalized spacial score (nSPS) is 18.6. The zero-order valence-corrected chi connectivity index (χ0v) is 16.9. The van der Waals surface area contributed by atoms with Crippen molar-refractivity contribution in [3.63, 3.8) is 0 Å². The van der Waals surface area contributed by atoms with Crippen molar-refractivity contribution in [1.29, 1.82) is 0 Å². The average molecular weight is 416 g/mol. The monoisotopic (exact) mass is 416 g/mol. The summed E-state index contributed by atoms with van der Waals surface area (Å²) in [5.41, 5.74) is 5.75. The number of benzene rings is 2. The van der Waals surface area contributed by atoms with E-state index in [4.69, 9.17) is 9.47 Å². The zero-order chi connectivity index (χ0) is 21.0. The first-order valence-corrected chi connectivity index (χ1v) is 10.0. The van der Waals surface area contributed by atoms with Gasteiger partial charge in [-0.15, -0.1) is 0 Å². The van der Waals surface area contributed by atoms with Gasteiger partial charge in [0.2, 0.25) is 0 Å². The molecule has 7 heteroatoms. The van der Waals surface area contributed by atoms with Crippen molar-refractivity contribution in [3.8, 4) is 11.5 Å². The Balaban J connectivity index is 1.58. The first-order chi connectivity index (χ1) is 14.4. The molecule has 2 aliphatic rings. The van der Waals surface area contributed by atoms with Crippen LogP contribution in [-0.4, -0.2) is 36.8 Å². The Labute approximate surface area is 172 Å². The molecule has 30 heavy (non-hydrogen) atoms. The second kappa shape index (κ2) is 6.94. The van der Waals surface area contributed by atoms with Gasteiger partial charge in [0.25, 0.3) is 0 Å². The first kappa shape index (κ1) is 19.3. The predicted octanol–water partition coefficient (Wildman–Crippen LogP) is 4.95. The summed E-state index contributed by atoms with van der Waals surface area (Å²) in [7, 11) is 3.08. The Morgan fingerprint density at radius 3 is 2.70 bits per heavy atom. The molecule has 5 rings (SSSR count). The molecule has 1 atom stereocenters. The lowest BCUT2D eigenvalue weighted by Gasteiger charge is -2.41. The second-order valence-corrected chi connectivity index (χ2v) is 8.09. The van der Waals surface area contributed by atoms with Crippen LogP contribution in [0.2, 0.25) is 0 Å². The van der Waals surface area contributed by atoms with E-state index in [1.807, 2.05) is 24.3 Å². The van der Waals surface area contributed by atoms with Gasteiger partial charge >= 0.3 is 6.18 Å². The molecule has 0 aliphatic carbocycles. The summed E-state index contributed by atoms with van der Waals surface area (Å²) in [5, 5.41) is 1.13. The molecular formula is C23H23F3N2O2. The van der Waals surface area contributed by atoms with Gasteiger partial charge in [-0.05, 0) is 59.9 Å². The van der Waals surface area contributed by atoms with E-state index >= 15 is 0 Å². The summed E-state index contributed by atoms with van der Waals surface area (Å²) < 4.78 is 50.1. The highest BCUT2D eigenvalue weighted by atomic mass is 19.4. The van der Waals surface area contributed by atoms with E-state index in [2.05, 4.69) is 9.88 Å². The van der Waals surface area contributed by atoms with Gasteiger partial charge in [0, 0.05) is 41.3 Å². The molecule has 158 valence electrons. The molecule has 0 spiro atoms. The van der Waals surface area contributed by atoms with Crippen molar-refractivity contribution in [2.45, 2.75) is 38.0 Å². The lowest BCUT2D eigenvalue weighted by Crippen LogP contribution is -2.39. The van der Waals surface area contributed by atoms with Crippen molar-refractivity contribution < 1.29 is 22.6 Å². The molecule has 4 nitrogen and oxygen atoms in total. The van der Waals surface area contributed by atoms with Gasteiger partial charge in [-0.2, -0.15) is 13.2 Å². The lowest BCUT2D eigenvalue weighted by atomic mass is 9.84. The number of methoxy groups -OCH3 is 2. The molecule has 0 amide bonds. The Morgan fingerprint density at radius 1 is 1.13 bits per heavy atom. The van der Waals surface area contributed by atoms with Crippen molar-refractivity contribution in [2.75, 3.05) is 20.8 Å². The van der Waals surface area contributed by atoms with Crippen molar-refractivity contribution in [2.24, 2.45) is 0 Å². The minimum absolute atomic E-state index is 0.0596. The molecule has 0 fully saturated rings. The molecule has 1 N–H and O–H groups in total. The summed E-state index contributed by atoms with van der Waals surface area (Å²) in [6.07, 6.45) is -3.69. The van der Waals surface area contributed by atoms with Crippen LogP contribution >= 0.6 is 0 Å². The highest BCUT2D eigenvalue weighted by molar-refractivity contribution is 5.86. The number of fused-ring (bicyclic) bond motifs is 6. The maximum absolute atomic E-state index is 13.1. The Morgan fingerprint density at radius 2 is 1.97 bits per heavy atom. The summed E-state index contributed by atoms with van der Waals surface area (Å²) in [4.78, 5) is 5.88. The number of aromatic amines is 1. The van der Waals surface area contributed by atoms with Crippen LogP contribution in [0.25, 0.3) is 10.9 Å². The number of hydrogen-bond donors (Lipinski definition) is 1. The van der Waals surface area contributed by atoms with Gasteiger partial charge in [0.1, 0.15) is 11.5 Å². The molecule has 3 aromatic rings. The number of halogens is 3. The topological polar surface area (TPSA) is 37.5 Å². The van der Waals surface area contributed by atoms with Crippen LogP contribution in [-0.2, 0) is 25.8 Å². The number of aromatic nitrogens is 1. The van der Waals surface area contributed by atoms with Crippen LogP contribution in [0.3, 0.4) is 0 Å². The van der Waals surface area contributed by atoms with E-state index in [0.717, 1.165) is 53.7 Å². The highest BCUT2D eigenvalue weighted by Gasteiger charge is 2.36. The van der Waals surface area contributed by atoms with E-state index < -0.39 is 12.6 Å². The Bertz CT molecular complexity index is 1120. The second-order valence-electron chi connectivity index (χ2n) is 8.09.